The highest BCUT2D eigenvalue weighted by Gasteiger charge is 2.27. The van der Waals surface area contributed by atoms with Crippen LogP contribution in [0.15, 0.2) is 24.3 Å². The van der Waals surface area contributed by atoms with Crippen molar-refractivity contribution in [2.75, 3.05) is 0 Å². The van der Waals surface area contributed by atoms with Gasteiger partial charge in [0.2, 0.25) is 0 Å². The Morgan fingerprint density at radius 2 is 1.90 bits per heavy atom. The highest BCUT2D eigenvalue weighted by Crippen LogP contribution is 2.31. The molecule has 0 N–H and O–H groups in total. The van der Waals surface area contributed by atoms with E-state index in [9.17, 15) is 13.6 Å². The van der Waals surface area contributed by atoms with Gasteiger partial charge in [-0.1, -0.05) is 6.92 Å². The highest BCUT2D eigenvalue weighted by atomic mass is 19.2. The number of carbonyl (C=O) groups is 1. The molecule has 3 rings (SSSR count). The number of halogens is 2. The molecule has 1 aliphatic carbocycles. The van der Waals surface area contributed by atoms with Crippen LogP contribution in [0.5, 0.6) is 0 Å². The fourth-order valence-corrected chi connectivity index (χ4v) is 2.95. The van der Waals surface area contributed by atoms with Crippen molar-refractivity contribution >= 4 is 5.78 Å². The van der Waals surface area contributed by atoms with Crippen molar-refractivity contribution in [3.8, 4) is 5.69 Å². The first-order valence-electron chi connectivity index (χ1n) is 6.67. The second-order valence-corrected chi connectivity index (χ2v) is 5.52. The third-order valence-corrected chi connectivity index (χ3v) is 3.82. The van der Waals surface area contributed by atoms with Gasteiger partial charge in [-0.2, -0.15) is 0 Å². The molecule has 1 unspecified atom stereocenters. The van der Waals surface area contributed by atoms with E-state index in [0.29, 0.717) is 17.7 Å². The van der Waals surface area contributed by atoms with Gasteiger partial charge in [0.05, 0.1) is 0 Å². The molecule has 2 aromatic rings. The van der Waals surface area contributed by atoms with Gasteiger partial charge in [0.15, 0.2) is 17.4 Å². The maximum Gasteiger partial charge on any atom is 0.164 e. The van der Waals surface area contributed by atoms with Crippen LogP contribution in [0.4, 0.5) is 8.78 Å². The molecule has 1 aromatic heterocycles. The summed E-state index contributed by atoms with van der Waals surface area (Å²) in [7, 11) is 0. The average molecular weight is 275 g/mol. The normalized spacial score (nSPS) is 18.2. The van der Waals surface area contributed by atoms with E-state index in [1.165, 1.54) is 12.1 Å². The highest BCUT2D eigenvalue weighted by molar-refractivity contribution is 5.98. The van der Waals surface area contributed by atoms with Crippen molar-refractivity contribution in [2.45, 2.75) is 26.7 Å². The number of nitrogens with zero attached hydrogens (tertiary/aromatic N) is 1. The molecule has 0 saturated heterocycles. The summed E-state index contributed by atoms with van der Waals surface area (Å²) < 4.78 is 28.4. The summed E-state index contributed by atoms with van der Waals surface area (Å²) >= 11 is 0. The van der Waals surface area contributed by atoms with Crippen molar-refractivity contribution in [3.63, 3.8) is 0 Å². The molecule has 0 radical (unpaired) electrons. The molecule has 0 bridgehead atoms. The van der Waals surface area contributed by atoms with Crippen LogP contribution >= 0.6 is 0 Å². The maximum atomic E-state index is 13.4. The fraction of sp³-hybridized carbons (Fsp3) is 0.312. The first-order valence-corrected chi connectivity index (χ1v) is 6.67. The first-order chi connectivity index (χ1) is 9.47. The Morgan fingerprint density at radius 1 is 1.15 bits per heavy atom. The van der Waals surface area contributed by atoms with E-state index in [-0.39, 0.29) is 11.7 Å². The van der Waals surface area contributed by atoms with Crippen LogP contribution < -0.4 is 0 Å². The largest absolute Gasteiger partial charge is 0.317 e. The summed E-state index contributed by atoms with van der Waals surface area (Å²) in [5.74, 6) is -1.34. The zero-order valence-corrected chi connectivity index (χ0v) is 11.4. The molecule has 0 spiro atoms. The van der Waals surface area contributed by atoms with Crippen molar-refractivity contribution in [1.82, 2.24) is 4.57 Å². The Kier molecular flexibility index (Phi) is 2.96. The van der Waals surface area contributed by atoms with Crippen molar-refractivity contribution < 1.29 is 13.6 Å². The molecule has 0 saturated carbocycles. The lowest BCUT2D eigenvalue weighted by Gasteiger charge is -2.20. The lowest BCUT2D eigenvalue weighted by Crippen LogP contribution is -2.19. The molecule has 0 amide bonds. The molecule has 1 aliphatic rings. The molecule has 2 nitrogen and oxygen atoms in total. The van der Waals surface area contributed by atoms with E-state index >= 15 is 0 Å². The number of hydrogen-bond donors (Lipinski definition) is 0. The van der Waals surface area contributed by atoms with Gasteiger partial charge in [0.25, 0.3) is 0 Å². The van der Waals surface area contributed by atoms with E-state index in [2.05, 4.69) is 0 Å². The van der Waals surface area contributed by atoms with Crippen LogP contribution in [0.1, 0.15) is 35.1 Å². The average Bonchev–Trinajstić information content (AvgIpc) is 2.70. The fourth-order valence-electron chi connectivity index (χ4n) is 2.95. The van der Waals surface area contributed by atoms with E-state index < -0.39 is 11.6 Å². The summed E-state index contributed by atoms with van der Waals surface area (Å²) in [6, 6.07) is 5.66. The summed E-state index contributed by atoms with van der Waals surface area (Å²) in [5.41, 5.74) is 3.04. The molecule has 4 heteroatoms. The Morgan fingerprint density at radius 3 is 2.60 bits per heavy atom. The number of rotatable bonds is 1. The Balaban J connectivity index is 2.19. The van der Waals surface area contributed by atoms with Gasteiger partial charge in [-0.25, -0.2) is 8.78 Å². The predicted octanol–water partition coefficient (Wildman–Crippen LogP) is 3.83. The van der Waals surface area contributed by atoms with E-state index in [1.807, 2.05) is 24.5 Å². The summed E-state index contributed by atoms with van der Waals surface area (Å²) in [4.78, 5) is 12.1. The number of hydrogen-bond acceptors (Lipinski definition) is 1. The predicted molar refractivity (Wildman–Crippen MR) is 72.2 cm³/mol. The lowest BCUT2D eigenvalue weighted by molar-refractivity contribution is 0.0952. The lowest BCUT2D eigenvalue weighted by atomic mass is 9.88. The smallest absolute Gasteiger partial charge is 0.164 e. The topological polar surface area (TPSA) is 22.0 Å². The zero-order chi connectivity index (χ0) is 14.4. The third-order valence-electron chi connectivity index (χ3n) is 3.82. The summed E-state index contributed by atoms with van der Waals surface area (Å²) in [6.07, 6.45) is 1.32. The van der Waals surface area contributed by atoms with Gasteiger partial charge in [-0.3, -0.25) is 4.79 Å². The molecule has 0 aliphatic heterocycles. The Hall–Kier alpha value is -1.97. The number of Topliss-reactive ketones (excluding diaryl/α,β-unsaturated/α-hetero) is 1. The molecule has 104 valence electrons. The minimum Gasteiger partial charge on any atom is -0.317 e. The molecular formula is C16H15F2NO. The number of ketones is 1. The van der Waals surface area contributed by atoms with Crippen molar-refractivity contribution in [2.24, 2.45) is 5.92 Å². The molecule has 1 atom stereocenters. The van der Waals surface area contributed by atoms with Gasteiger partial charge in [0.1, 0.15) is 0 Å². The Labute approximate surface area is 116 Å². The van der Waals surface area contributed by atoms with Crippen LogP contribution in [0, 0.1) is 24.5 Å². The van der Waals surface area contributed by atoms with Gasteiger partial charge in [-0.05, 0) is 37.5 Å². The van der Waals surface area contributed by atoms with Crippen LogP contribution in [0.25, 0.3) is 5.69 Å². The second kappa shape index (κ2) is 4.54. The van der Waals surface area contributed by atoms with Gasteiger partial charge >= 0.3 is 0 Å². The Bertz CT molecular complexity index is 703. The monoisotopic (exact) mass is 275 g/mol. The van der Waals surface area contributed by atoms with Crippen LogP contribution in [0.3, 0.4) is 0 Å². The number of fused-ring (bicyclic) bond motifs is 1. The zero-order valence-electron chi connectivity index (χ0n) is 11.4. The molecule has 1 heterocycles. The molecular weight excluding hydrogens is 260 g/mol. The summed E-state index contributed by atoms with van der Waals surface area (Å²) in [6.45, 7) is 3.90. The van der Waals surface area contributed by atoms with E-state index in [4.69, 9.17) is 0 Å². The third kappa shape index (κ3) is 1.96. The van der Waals surface area contributed by atoms with Crippen LogP contribution in [0.2, 0.25) is 0 Å². The standard InChI is InChI=1S/C16H15F2NO/c1-9-5-15-12(16(20)6-9)7-10(2)19(15)11-3-4-13(17)14(18)8-11/h3-4,7-9H,5-6H2,1-2H3. The minimum absolute atomic E-state index is 0.128. The van der Waals surface area contributed by atoms with Crippen molar-refractivity contribution in [1.29, 1.82) is 0 Å². The van der Waals surface area contributed by atoms with Crippen LogP contribution in [-0.4, -0.2) is 10.4 Å². The minimum atomic E-state index is -0.875. The van der Waals surface area contributed by atoms with Gasteiger partial charge in [-0.15, -0.1) is 0 Å². The van der Waals surface area contributed by atoms with Gasteiger partial charge in [0, 0.05) is 35.1 Å². The number of aryl methyl sites for hydroxylation is 1. The SMILES string of the molecule is Cc1cc2c(n1-c1ccc(F)c(F)c1)CC(C)CC2=O. The molecule has 0 fully saturated rings. The van der Waals surface area contributed by atoms with Crippen molar-refractivity contribution in [3.05, 3.63) is 52.9 Å². The first kappa shape index (κ1) is 13.0. The molecule has 1 aromatic carbocycles. The quantitative estimate of drug-likeness (QED) is 0.775. The van der Waals surface area contributed by atoms with E-state index in [0.717, 1.165) is 23.9 Å². The van der Waals surface area contributed by atoms with E-state index in [1.54, 1.807) is 0 Å². The molecule has 20 heavy (non-hydrogen) atoms. The van der Waals surface area contributed by atoms with Gasteiger partial charge < -0.3 is 4.57 Å². The maximum absolute atomic E-state index is 13.4. The number of benzene rings is 1. The van der Waals surface area contributed by atoms with Crippen LogP contribution in [-0.2, 0) is 6.42 Å². The number of aromatic nitrogens is 1. The summed E-state index contributed by atoms with van der Waals surface area (Å²) in [5, 5.41) is 0. The number of carbonyl (C=O) groups excluding carboxylic acids is 1. The second-order valence-electron chi connectivity index (χ2n) is 5.52.